The minimum atomic E-state index is -0.00574. The molecule has 1 N–H and O–H groups in total. The average Bonchev–Trinajstić information content (AvgIpc) is 2.81. The van der Waals surface area contributed by atoms with E-state index < -0.39 is 0 Å². The second kappa shape index (κ2) is 8.71. The molecule has 3 unspecified atom stereocenters. The van der Waals surface area contributed by atoms with E-state index >= 15 is 0 Å². The Labute approximate surface area is 210 Å². The Kier molecular flexibility index (Phi) is 5.96. The van der Waals surface area contributed by atoms with Crippen LogP contribution in [-0.4, -0.2) is 25.8 Å². The first-order chi connectivity index (χ1) is 16.6. The third kappa shape index (κ3) is 3.94. The number of aryl methyl sites for hydroxylation is 1. The van der Waals surface area contributed by atoms with E-state index in [-0.39, 0.29) is 5.54 Å². The molecule has 0 saturated heterocycles. The zero-order valence-corrected chi connectivity index (χ0v) is 22.5. The fourth-order valence-electron chi connectivity index (χ4n) is 6.97. The normalized spacial score (nSPS) is 24.3. The Bertz CT molecular complexity index is 1280. The summed E-state index contributed by atoms with van der Waals surface area (Å²) < 4.78 is 11.6. The summed E-state index contributed by atoms with van der Waals surface area (Å²) in [6.45, 7) is 13.5. The number of fused-ring (bicyclic) bond motifs is 4. The fourth-order valence-corrected chi connectivity index (χ4v) is 6.97. The minimum absolute atomic E-state index is 0.00574. The second-order valence-electron chi connectivity index (χ2n) is 11.2. The molecule has 3 nitrogen and oxygen atoms in total. The van der Waals surface area contributed by atoms with Crippen LogP contribution in [0.15, 0.2) is 53.6 Å². The molecule has 0 amide bonds. The van der Waals surface area contributed by atoms with Gasteiger partial charge in [-0.3, -0.25) is 0 Å². The number of hydrogen-bond acceptors (Lipinski definition) is 3. The molecule has 0 radical (unpaired) electrons. The lowest BCUT2D eigenvalue weighted by Crippen LogP contribution is -2.53. The van der Waals surface area contributed by atoms with Gasteiger partial charge in [0.25, 0.3) is 0 Å². The van der Waals surface area contributed by atoms with Crippen molar-refractivity contribution < 1.29 is 9.47 Å². The molecule has 0 saturated carbocycles. The summed E-state index contributed by atoms with van der Waals surface area (Å²) in [5, 5.41) is 3.89. The molecule has 35 heavy (non-hydrogen) atoms. The van der Waals surface area contributed by atoms with Crippen LogP contribution in [0.1, 0.15) is 54.2 Å². The lowest BCUT2D eigenvalue weighted by atomic mass is 9.64. The van der Waals surface area contributed by atoms with Crippen molar-refractivity contribution in [1.82, 2.24) is 5.32 Å². The standard InChI is InChI=1S/C32H39NO2/c1-18-14-23(20(3)21(4)31(18)35-8)16-24-15-22-10-9-11-27(34-7)29(22)25-12-13-26-28(30(24)25)19(2)17-32(5,6)33-26/h9-14,17,24,26,28,33H,15-16H2,1-8H3. The monoisotopic (exact) mass is 469 g/mol. The molecular formula is C32H39NO2. The lowest BCUT2D eigenvalue weighted by molar-refractivity contribution is 0.340. The third-order valence-corrected chi connectivity index (χ3v) is 8.41. The first-order valence-corrected chi connectivity index (χ1v) is 12.8. The predicted molar refractivity (Wildman–Crippen MR) is 145 cm³/mol. The Morgan fingerprint density at radius 3 is 2.51 bits per heavy atom. The highest BCUT2D eigenvalue weighted by atomic mass is 16.5. The number of methoxy groups -OCH3 is 2. The summed E-state index contributed by atoms with van der Waals surface area (Å²) >= 11 is 0. The number of nitrogens with one attached hydrogen (secondary N) is 1. The van der Waals surface area contributed by atoms with Gasteiger partial charge in [0, 0.05) is 23.1 Å². The molecule has 1 aliphatic heterocycles. The maximum atomic E-state index is 5.88. The molecule has 2 aromatic carbocycles. The Morgan fingerprint density at radius 1 is 1.03 bits per heavy atom. The average molecular weight is 470 g/mol. The molecular weight excluding hydrogens is 430 g/mol. The highest BCUT2D eigenvalue weighted by Crippen LogP contribution is 2.50. The number of rotatable bonds is 4. The second-order valence-corrected chi connectivity index (χ2v) is 11.2. The summed E-state index contributed by atoms with van der Waals surface area (Å²) in [4.78, 5) is 0. The summed E-state index contributed by atoms with van der Waals surface area (Å²) in [6, 6.07) is 9.20. The number of ether oxygens (including phenoxy) is 2. The lowest BCUT2D eigenvalue weighted by Gasteiger charge is -2.46. The van der Waals surface area contributed by atoms with Crippen LogP contribution in [0.5, 0.6) is 11.5 Å². The Hall–Kier alpha value is -2.78. The van der Waals surface area contributed by atoms with Gasteiger partial charge < -0.3 is 14.8 Å². The Balaban J connectivity index is 1.68. The SMILES string of the molecule is COc1cccc2c1C1=C(C(Cc3cc(C)c(OC)c(C)c3C)C2)C2C(C)=CC(C)(C)NC2C=C1. The number of benzene rings is 2. The molecule has 2 aliphatic carbocycles. The minimum Gasteiger partial charge on any atom is -0.496 e. The van der Waals surface area contributed by atoms with Gasteiger partial charge in [-0.05, 0) is 105 Å². The first-order valence-electron chi connectivity index (χ1n) is 12.8. The van der Waals surface area contributed by atoms with Gasteiger partial charge in [0.1, 0.15) is 11.5 Å². The van der Waals surface area contributed by atoms with Gasteiger partial charge in [0.2, 0.25) is 0 Å². The van der Waals surface area contributed by atoms with Crippen LogP contribution >= 0.6 is 0 Å². The zero-order chi connectivity index (χ0) is 25.1. The van der Waals surface area contributed by atoms with Crippen molar-refractivity contribution in [3.63, 3.8) is 0 Å². The smallest absolute Gasteiger partial charge is 0.126 e. The van der Waals surface area contributed by atoms with Crippen LogP contribution in [0.25, 0.3) is 5.57 Å². The van der Waals surface area contributed by atoms with Crippen molar-refractivity contribution in [2.45, 2.75) is 66.0 Å². The summed E-state index contributed by atoms with van der Waals surface area (Å²) in [6.07, 6.45) is 9.24. The van der Waals surface area contributed by atoms with Crippen LogP contribution in [0.4, 0.5) is 0 Å². The molecule has 1 heterocycles. The van der Waals surface area contributed by atoms with Gasteiger partial charge in [-0.1, -0.05) is 42.0 Å². The van der Waals surface area contributed by atoms with E-state index in [9.17, 15) is 0 Å². The topological polar surface area (TPSA) is 30.5 Å². The van der Waals surface area contributed by atoms with Gasteiger partial charge in [-0.15, -0.1) is 0 Å². The Morgan fingerprint density at radius 2 is 1.80 bits per heavy atom. The van der Waals surface area contributed by atoms with E-state index in [4.69, 9.17) is 9.47 Å². The van der Waals surface area contributed by atoms with Gasteiger partial charge in [0.05, 0.1) is 14.2 Å². The number of hydrogen-bond donors (Lipinski definition) is 1. The summed E-state index contributed by atoms with van der Waals surface area (Å²) in [7, 11) is 3.57. The molecule has 0 spiro atoms. The van der Waals surface area contributed by atoms with Crippen molar-refractivity contribution in [2.75, 3.05) is 14.2 Å². The van der Waals surface area contributed by atoms with E-state index in [1.807, 2.05) is 0 Å². The van der Waals surface area contributed by atoms with Gasteiger partial charge in [-0.2, -0.15) is 0 Å². The van der Waals surface area contributed by atoms with Crippen LogP contribution in [0, 0.1) is 32.6 Å². The van der Waals surface area contributed by atoms with Gasteiger partial charge >= 0.3 is 0 Å². The molecule has 0 fully saturated rings. The molecule has 3 atom stereocenters. The zero-order valence-electron chi connectivity index (χ0n) is 22.5. The van der Waals surface area contributed by atoms with Crippen LogP contribution in [0.2, 0.25) is 0 Å². The highest BCUT2D eigenvalue weighted by Gasteiger charge is 2.42. The van der Waals surface area contributed by atoms with Crippen molar-refractivity contribution in [1.29, 1.82) is 0 Å². The predicted octanol–water partition coefficient (Wildman–Crippen LogP) is 6.68. The van der Waals surface area contributed by atoms with Gasteiger partial charge in [-0.25, -0.2) is 0 Å². The van der Waals surface area contributed by atoms with E-state index in [1.54, 1.807) is 19.8 Å². The van der Waals surface area contributed by atoms with Gasteiger partial charge in [0.15, 0.2) is 0 Å². The molecule has 3 aliphatic rings. The van der Waals surface area contributed by atoms with Crippen LogP contribution in [-0.2, 0) is 12.8 Å². The van der Waals surface area contributed by atoms with Crippen LogP contribution < -0.4 is 14.8 Å². The van der Waals surface area contributed by atoms with Crippen molar-refractivity contribution in [3.05, 3.63) is 87.0 Å². The van der Waals surface area contributed by atoms with E-state index in [0.717, 1.165) is 24.3 Å². The maximum absolute atomic E-state index is 5.88. The molecule has 3 heteroatoms. The molecule has 2 aromatic rings. The van der Waals surface area contributed by atoms with Crippen LogP contribution in [0.3, 0.4) is 0 Å². The third-order valence-electron chi connectivity index (χ3n) is 8.41. The van der Waals surface area contributed by atoms with E-state index in [0.29, 0.717) is 17.9 Å². The molecule has 184 valence electrons. The quantitative estimate of drug-likeness (QED) is 0.507. The first kappa shape index (κ1) is 23.9. The van der Waals surface area contributed by atoms with E-state index in [1.165, 1.54) is 44.5 Å². The molecule has 0 bridgehead atoms. The largest absolute Gasteiger partial charge is 0.496 e. The van der Waals surface area contributed by atoms with Crippen molar-refractivity contribution in [3.8, 4) is 11.5 Å². The number of allylic oxidation sites excluding steroid dienone is 2. The maximum Gasteiger partial charge on any atom is 0.126 e. The molecule has 5 rings (SSSR count). The van der Waals surface area contributed by atoms with Crippen molar-refractivity contribution in [2.24, 2.45) is 11.8 Å². The van der Waals surface area contributed by atoms with Crippen molar-refractivity contribution >= 4 is 5.57 Å². The summed E-state index contributed by atoms with van der Waals surface area (Å²) in [5.41, 5.74) is 12.3. The molecule has 0 aromatic heterocycles. The highest BCUT2D eigenvalue weighted by molar-refractivity contribution is 5.86. The fraction of sp³-hybridized carbons (Fsp3) is 0.438. The van der Waals surface area contributed by atoms with E-state index in [2.05, 4.69) is 89.4 Å². The summed E-state index contributed by atoms with van der Waals surface area (Å²) in [5.74, 6) is 2.80.